The molecule has 0 radical (unpaired) electrons. The van der Waals surface area contributed by atoms with Crippen LogP contribution in [0.4, 0.5) is 16.2 Å². The Morgan fingerprint density at radius 2 is 2.21 bits per heavy atom. The SMILES string of the molecule is CC1CCN(c2ccncc2[N+](=O)[O-])CC1NC(=O)OC(C)(C)C. The number of amides is 1. The number of anilines is 1. The van der Waals surface area contributed by atoms with E-state index in [2.05, 4.69) is 17.2 Å². The van der Waals surface area contributed by atoms with Crippen molar-refractivity contribution in [1.82, 2.24) is 10.3 Å². The molecule has 1 aromatic heterocycles. The van der Waals surface area contributed by atoms with Gasteiger partial charge in [0.15, 0.2) is 0 Å². The summed E-state index contributed by atoms with van der Waals surface area (Å²) in [5.41, 5.74) is -0.0630. The molecule has 0 spiro atoms. The van der Waals surface area contributed by atoms with Gasteiger partial charge >= 0.3 is 11.8 Å². The number of rotatable bonds is 3. The van der Waals surface area contributed by atoms with Crippen molar-refractivity contribution in [3.05, 3.63) is 28.6 Å². The van der Waals surface area contributed by atoms with Gasteiger partial charge in [-0.2, -0.15) is 0 Å². The fourth-order valence-corrected chi connectivity index (χ4v) is 2.72. The predicted octanol–water partition coefficient (Wildman–Crippen LogP) is 2.73. The number of carbonyl (C=O) groups excluding carboxylic acids is 1. The molecule has 2 atom stereocenters. The second kappa shape index (κ2) is 7.02. The van der Waals surface area contributed by atoms with Crippen LogP contribution in [0.1, 0.15) is 34.1 Å². The maximum absolute atomic E-state index is 12.0. The van der Waals surface area contributed by atoms with Crippen molar-refractivity contribution in [3.8, 4) is 0 Å². The van der Waals surface area contributed by atoms with Crippen molar-refractivity contribution in [2.45, 2.75) is 45.8 Å². The van der Waals surface area contributed by atoms with Crippen molar-refractivity contribution in [2.75, 3.05) is 18.0 Å². The van der Waals surface area contributed by atoms with Crippen molar-refractivity contribution in [2.24, 2.45) is 5.92 Å². The molecule has 1 N–H and O–H groups in total. The summed E-state index contributed by atoms with van der Waals surface area (Å²) < 4.78 is 5.30. The molecule has 0 bridgehead atoms. The van der Waals surface area contributed by atoms with Gasteiger partial charge < -0.3 is 15.0 Å². The maximum atomic E-state index is 12.0. The molecule has 2 rings (SSSR count). The molecule has 8 nitrogen and oxygen atoms in total. The summed E-state index contributed by atoms with van der Waals surface area (Å²) in [6.07, 6.45) is 3.14. The molecule has 24 heavy (non-hydrogen) atoms. The van der Waals surface area contributed by atoms with E-state index in [1.807, 2.05) is 25.7 Å². The van der Waals surface area contributed by atoms with Crippen LogP contribution in [0.15, 0.2) is 18.5 Å². The molecular weight excluding hydrogens is 312 g/mol. The van der Waals surface area contributed by atoms with Crippen molar-refractivity contribution in [1.29, 1.82) is 0 Å². The molecule has 0 aliphatic carbocycles. The Labute approximate surface area is 141 Å². The number of pyridine rings is 1. The zero-order valence-corrected chi connectivity index (χ0v) is 14.5. The molecule has 2 unspecified atom stereocenters. The average Bonchev–Trinajstić information content (AvgIpc) is 2.47. The van der Waals surface area contributed by atoms with Gasteiger partial charge in [-0.05, 0) is 39.2 Å². The second-order valence-corrected chi connectivity index (χ2v) is 7.09. The minimum absolute atomic E-state index is 0.0249. The van der Waals surface area contributed by atoms with Crippen LogP contribution in [0.2, 0.25) is 0 Å². The lowest BCUT2D eigenvalue weighted by Gasteiger charge is -2.38. The number of piperidine rings is 1. The predicted molar refractivity (Wildman–Crippen MR) is 90.0 cm³/mol. The third kappa shape index (κ3) is 4.56. The number of hydrogen-bond donors (Lipinski definition) is 1. The lowest BCUT2D eigenvalue weighted by molar-refractivity contribution is -0.384. The van der Waals surface area contributed by atoms with Crippen LogP contribution in [0, 0.1) is 16.0 Å². The Bertz CT molecular complexity index is 614. The highest BCUT2D eigenvalue weighted by molar-refractivity contribution is 5.68. The first kappa shape index (κ1) is 18.0. The van der Waals surface area contributed by atoms with E-state index in [0.717, 1.165) is 6.42 Å². The standard InChI is InChI=1S/C16H24N4O4/c1-11-6-8-19(13-5-7-17-9-14(13)20(22)23)10-12(11)18-15(21)24-16(2,3)4/h5,7,9,11-12H,6,8,10H2,1-4H3,(H,18,21). The van der Waals surface area contributed by atoms with E-state index < -0.39 is 16.6 Å². The van der Waals surface area contributed by atoms with Crippen molar-refractivity contribution in [3.63, 3.8) is 0 Å². The quantitative estimate of drug-likeness (QED) is 0.673. The molecular formula is C16H24N4O4. The summed E-state index contributed by atoms with van der Waals surface area (Å²) in [7, 11) is 0. The average molecular weight is 336 g/mol. The highest BCUT2D eigenvalue weighted by Gasteiger charge is 2.31. The van der Waals surface area contributed by atoms with E-state index in [9.17, 15) is 14.9 Å². The Hall–Kier alpha value is -2.38. The second-order valence-electron chi connectivity index (χ2n) is 7.09. The van der Waals surface area contributed by atoms with Crippen LogP contribution in [0.3, 0.4) is 0 Å². The maximum Gasteiger partial charge on any atom is 0.407 e. The van der Waals surface area contributed by atoms with Gasteiger partial charge in [-0.1, -0.05) is 6.92 Å². The fraction of sp³-hybridized carbons (Fsp3) is 0.625. The summed E-state index contributed by atoms with van der Waals surface area (Å²) in [5.74, 6) is 0.259. The van der Waals surface area contributed by atoms with Gasteiger partial charge in [0, 0.05) is 19.3 Å². The summed E-state index contributed by atoms with van der Waals surface area (Å²) in [5, 5.41) is 14.1. The monoisotopic (exact) mass is 336 g/mol. The number of nitrogens with one attached hydrogen (secondary N) is 1. The largest absolute Gasteiger partial charge is 0.444 e. The molecule has 1 aliphatic rings. The van der Waals surface area contributed by atoms with Crippen LogP contribution in [-0.4, -0.2) is 40.7 Å². The molecule has 132 valence electrons. The van der Waals surface area contributed by atoms with Crippen LogP contribution >= 0.6 is 0 Å². The minimum Gasteiger partial charge on any atom is -0.444 e. The molecule has 1 aromatic rings. The zero-order valence-electron chi connectivity index (χ0n) is 14.5. The van der Waals surface area contributed by atoms with Crippen molar-refractivity contribution >= 4 is 17.5 Å². The van der Waals surface area contributed by atoms with E-state index >= 15 is 0 Å². The number of alkyl carbamates (subject to hydrolysis) is 1. The first-order valence-corrected chi connectivity index (χ1v) is 8.00. The Balaban J connectivity index is 2.11. The molecule has 2 heterocycles. The molecule has 1 fully saturated rings. The fourth-order valence-electron chi connectivity index (χ4n) is 2.72. The van der Waals surface area contributed by atoms with E-state index in [0.29, 0.717) is 18.8 Å². The van der Waals surface area contributed by atoms with E-state index in [4.69, 9.17) is 4.74 Å². The smallest absolute Gasteiger partial charge is 0.407 e. The van der Waals surface area contributed by atoms with Gasteiger partial charge in [-0.15, -0.1) is 0 Å². The summed E-state index contributed by atoms with van der Waals surface area (Å²) >= 11 is 0. The van der Waals surface area contributed by atoms with Gasteiger partial charge in [-0.3, -0.25) is 15.1 Å². The van der Waals surface area contributed by atoms with Gasteiger partial charge in [-0.25, -0.2) is 4.79 Å². The van der Waals surface area contributed by atoms with Crippen LogP contribution in [0.25, 0.3) is 0 Å². The number of ether oxygens (including phenoxy) is 1. The highest BCUT2D eigenvalue weighted by atomic mass is 16.6. The van der Waals surface area contributed by atoms with Gasteiger partial charge in [0.2, 0.25) is 0 Å². The van der Waals surface area contributed by atoms with E-state index in [-0.39, 0.29) is 17.6 Å². The topological polar surface area (TPSA) is 97.6 Å². The molecule has 1 saturated heterocycles. The van der Waals surface area contributed by atoms with Crippen LogP contribution < -0.4 is 10.2 Å². The summed E-state index contributed by atoms with van der Waals surface area (Å²) in [4.78, 5) is 28.5. The third-order valence-corrected chi connectivity index (χ3v) is 3.98. The normalized spacial score (nSPS) is 21.2. The molecule has 0 aromatic carbocycles. The lowest BCUT2D eigenvalue weighted by Crippen LogP contribution is -2.53. The first-order chi connectivity index (χ1) is 11.2. The zero-order chi connectivity index (χ0) is 17.9. The first-order valence-electron chi connectivity index (χ1n) is 8.00. The van der Waals surface area contributed by atoms with E-state index in [1.54, 1.807) is 6.07 Å². The Morgan fingerprint density at radius 3 is 2.83 bits per heavy atom. The Morgan fingerprint density at radius 1 is 1.50 bits per heavy atom. The lowest BCUT2D eigenvalue weighted by atomic mass is 9.93. The van der Waals surface area contributed by atoms with Gasteiger partial charge in [0.05, 0.1) is 11.0 Å². The minimum atomic E-state index is -0.564. The number of carbonyl (C=O) groups is 1. The number of aromatic nitrogens is 1. The number of nitro groups is 1. The highest BCUT2D eigenvalue weighted by Crippen LogP contribution is 2.30. The number of nitrogens with zero attached hydrogens (tertiary/aromatic N) is 3. The van der Waals surface area contributed by atoms with E-state index in [1.165, 1.54) is 12.4 Å². The molecule has 0 saturated carbocycles. The Kier molecular flexibility index (Phi) is 5.26. The summed E-state index contributed by atoms with van der Waals surface area (Å²) in [6.45, 7) is 8.67. The van der Waals surface area contributed by atoms with Crippen molar-refractivity contribution < 1.29 is 14.5 Å². The number of hydrogen-bond acceptors (Lipinski definition) is 6. The van der Waals surface area contributed by atoms with Gasteiger partial charge in [0.1, 0.15) is 17.5 Å². The molecule has 8 heteroatoms. The van der Waals surface area contributed by atoms with Crippen LogP contribution in [-0.2, 0) is 4.74 Å². The van der Waals surface area contributed by atoms with Crippen LogP contribution in [0.5, 0.6) is 0 Å². The molecule has 1 amide bonds. The van der Waals surface area contributed by atoms with Gasteiger partial charge in [0.25, 0.3) is 0 Å². The summed E-state index contributed by atoms with van der Waals surface area (Å²) in [6, 6.07) is 1.50. The third-order valence-electron chi connectivity index (χ3n) is 3.98. The molecule has 1 aliphatic heterocycles.